The van der Waals surface area contributed by atoms with Crippen LogP contribution in [0, 0.1) is 5.92 Å². The lowest BCUT2D eigenvalue weighted by atomic mass is 9.89. The first kappa shape index (κ1) is 40.2. The van der Waals surface area contributed by atoms with Crippen LogP contribution in [-0.2, 0) is 16.0 Å². The van der Waals surface area contributed by atoms with Gasteiger partial charge in [0.25, 0.3) is 0 Å². The minimum absolute atomic E-state index is 0.445. The van der Waals surface area contributed by atoms with Crippen molar-refractivity contribution in [2.45, 2.75) is 91.4 Å². The topological polar surface area (TPSA) is 149 Å². The number of nitrogens with one attached hydrogen (secondary N) is 3. The van der Waals surface area contributed by atoms with Crippen molar-refractivity contribution >= 4 is 83.4 Å². The Bertz CT molecular complexity index is 2800. The number of hydrogen-bond donors (Lipinski definition) is 3. The van der Waals surface area contributed by atoms with Gasteiger partial charge in [0.1, 0.15) is 28.9 Å². The van der Waals surface area contributed by atoms with Crippen LogP contribution >= 0.6 is 22.7 Å². The van der Waals surface area contributed by atoms with E-state index >= 15 is 0 Å². The SMILES string of the molecule is CC(C)(C)OC(=O)n1nc(-c2cc3cc(C=O)ccc3n2C(=O)OC(C)(C)C)c2sccc21.c1cc2[nH]nc(-c3cc4cc(CNCC5CCCCC5)ccc4[nH]3)c2s1. The van der Waals surface area contributed by atoms with Gasteiger partial charge in [-0.3, -0.25) is 9.89 Å². The summed E-state index contributed by atoms with van der Waals surface area (Å²) < 4.78 is 15.7. The highest BCUT2D eigenvalue weighted by molar-refractivity contribution is 7.18. The number of carbonyl (C=O) groups excluding carboxylic acids is 3. The van der Waals surface area contributed by atoms with Crippen LogP contribution in [0.4, 0.5) is 9.59 Å². The van der Waals surface area contributed by atoms with E-state index < -0.39 is 23.4 Å². The Morgan fingerprint density at radius 1 is 0.814 bits per heavy atom. The van der Waals surface area contributed by atoms with Crippen LogP contribution in [0.2, 0.25) is 0 Å². The molecule has 8 aromatic rings. The van der Waals surface area contributed by atoms with Gasteiger partial charge in [-0.25, -0.2) is 14.2 Å². The molecule has 6 aromatic heterocycles. The van der Waals surface area contributed by atoms with Gasteiger partial charge in [0.15, 0.2) is 0 Å². The van der Waals surface area contributed by atoms with Crippen molar-refractivity contribution in [2.24, 2.45) is 5.92 Å². The number of aromatic amines is 2. The maximum Gasteiger partial charge on any atom is 0.435 e. The van der Waals surface area contributed by atoms with Crippen LogP contribution in [0.5, 0.6) is 0 Å². The number of fused-ring (bicyclic) bond motifs is 4. The van der Waals surface area contributed by atoms with E-state index in [1.54, 1.807) is 83.2 Å². The molecule has 0 radical (unpaired) electrons. The van der Waals surface area contributed by atoms with E-state index in [4.69, 9.17) is 9.47 Å². The third kappa shape index (κ3) is 8.75. The molecule has 306 valence electrons. The van der Waals surface area contributed by atoms with Crippen molar-refractivity contribution in [1.82, 2.24) is 34.8 Å². The zero-order valence-electron chi connectivity index (χ0n) is 34.2. The number of aldehydes is 1. The summed E-state index contributed by atoms with van der Waals surface area (Å²) in [6.45, 7) is 12.8. The summed E-state index contributed by atoms with van der Waals surface area (Å²) in [5.74, 6) is 0.874. The predicted octanol–water partition coefficient (Wildman–Crippen LogP) is 11.5. The van der Waals surface area contributed by atoms with Crippen molar-refractivity contribution in [3.8, 4) is 22.8 Å². The second-order valence-electron chi connectivity index (χ2n) is 17.1. The van der Waals surface area contributed by atoms with Crippen molar-refractivity contribution in [3.05, 3.63) is 82.6 Å². The van der Waals surface area contributed by atoms with Gasteiger partial charge in [-0.2, -0.15) is 14.9 Å². The number of H-pyrrole nitrogens is 2. The fourth-order valence-electron chi connectivity index (χ4n) is 7.60. The van der Waals surface area contributed by atoms with E-state index in [2.05, 4.69) is 61.3 Å². The molecule has 0 aliphatic heterocycles. The van der Waals surface area contributed by atoms with Gasteiger partial charge >= 0.3 is 12.2 Å². The lowest BCUT2D eigenvalue weighted by Gasteiger charge is -2.21. The number of carbonyl (C=O) groups is 3. The predicted molar refractivity (Wildman–Crippen MR) is 237 cm³/mol. The summed E-state index contributed by atoms with van der Waals surface area (Å²) in [4.78, 5) is 40.9. The van der Waals surface area contributed by atoms with E-state index in [9.17, 15) is 14.4 Å². The lowest BCUT2D eigenvalue weighted by Crippen LogP contribution is -2.28. The first-order valence-corrected chi connectivity index (χ1v) is 21.8. The fourth-order valence-corrected chi connectivity index (χ4v) is 9.32. The molecule has 1 fully saturated rings. The second-order valence-corrected chi connectivity index (χ2v) is 19.0. The number of rotatable bonds is 7. The quantitative estimate of drug-likeness (QED) is 0.134. The third-order valence-corrected chi connectivity index (χ3v) is 12.1. The standard InChI is InChI=1S/C24H25N3O5S.C21H24N4S/c1-23(2,3)31-21(29)26-16-8-7-14(13-28)11-15(16)12-18(26)19-20-17(9-10-33-20)27(25-19)22(30)32-24(4,5)6;1-2-4-14(5-3-1)12-22-13-15-6-7-17-16(10-15)11-19(23-17)20-21-18(24-25-20)8-9-26-21/h7-13H,1-6H3;6-11,14,22-23H,1-5,12-13H2,(H,24,25). The molecular formula is C45H49N7O5S2. The number of nitrogens with zero attached hydrogens (tertiary/aromatic N) is 4. The maximum atomic E-state index is 13.2. The zero-order valence-corrected chi connectivity index (χ0v) is 35.8. The van der Waals surface area contributed by atoms with Gasteiger partial charge in [0.2, 0.25) is 0 Å². The molecule has 0 amide bonds. The number of ether oxygens (including phenoxy) is 2. The second kappa shape index (κ2) is 16.2. The first-order chi connectivity index (χ1) is 28.2. The third-order valence-electron chi connectivity index (χ3n) is 10.2. The Balaban J connectivity index is 0.000000168. The average Bonchev–Trinajstić information content (AvgIpc) is 4.03. The molecule has 2 aromatic carbocycles. The van der Waals surface area contributed by atoms with Gasteiger partial charge in [-0.1, -0.05) is 25.3 Å². The molecule has 0 bridgehead atoms. The van der Waals surface area contributed by atoms with Crippen molar-refractivity contribution in [3.63, 3.8) is 0 Å². The summed E-state index contributed by atoms with van der Waals surface area (Å²) in [5, 5.41) is 21.7. The fraction of sp³-hybridized carbons (Fsp3) is 0.356. The lowest BCUT2D eigenvalue weighted by molar-refractivity contribution is 0.0520. The molecule has 14 heteroatoms. The first-order valence-electron chi connectivity index (χ1n) is 20.0. The number of hydrogen-bond acceptors (Lipinski definition) is 10. The van der Waals surface area contributed by atoms with Crippen LogP contribution in [0.1, 0.15) is 89.6 Å². The van der Waals surface area contributed by atoms with Gasteiger partial charge < -0.3 is 19.8 Å². The van der Waals surface area contributed by atoms with E-state index in [0.29, 0.717) is 33.4 Å². The smallest absolute Gasteiger partial charge is 0.435 e. The Kier molecular flexibility index (Phi) is 11.1. The van der Waals surface area contributed by atoms with E-state index in [0.717, 1.165) is 46.9 Å². The monoisotopic (exact) mass is 831 g/mol. The summed E-state index contributed by atoms with van der Waals surface area (Å²) in [7, 11) is 0. The van der Waals surface area contributed by atoms with E-state index in [-0.39, 0.29) is 0 Å². The molecule has 0 atom stereocenters. The molecule has 59 heavy (non-hydrogen) atoms. The highest BCUT2D eigenvalue weighted by Gasteiger charge is 2.28. The van der Waals surface area contributed by atoms with Crippen LogP contribution in [0.15, 0.2) is 71.4 Å². The van der Waals surface area contributed by atoms with E-state index in [1.165, 1.54) is 73.9 Å². The normalized spacial score (nSPS) is 13.9. The molecule has 0 spiro atoms. The van der Waals surface area contributed by atoms with Gasteiger partial charge in [-0.15, -0.1) is 22.7 Å². The average molecular weight is 832 g/mol. The molecule has 1 aliphatic rings. The minimum Gasteiger partial charge on any atom is -0.443 e. The molecule has 0 saturated heterocycles. The van der Waals surface area contributed by atoms with Crippen molar-refractivity contribution in [1.29, 1.82) is 0 Å². The largest absolute Gasteiger partial charge is 0.443 e. The summed E-state index contributed by atoms with van der Waals surface area (Å²) in [6.07, 6.45) is 6.60. The minimum atomic E-state index is -0.720. The number of thiophene rings is 2. The molecular weight excluding hydrogens is 783 g/mol. The van der Waals surface area contributed by atoms with Crippen molar-refractivity contribution in [2.75, 3.05) is 6.54 Å². The summed E-state index contributed by atoms with van der Waals surface area (Å²) in [5.41, 5.74) is 6.85. The molecule has 9 rings (SSSR count). The maximum absolute atomic E-state index is 13.2. The number of benzene rings is 2. The summed E-state index contributed by atoms with van der Waals surface area (Å²) in [6, 6.07) is 19.6. The Morgan fingerprint density at radius 2 is 1.56 bits per heavy atom. The van der Waals surface area contributed by atoms with Crippen LogP contribution in [-0.4, -0.2) is 65.7 Å². The molecule has 3 N–H and O–H groups in total. The van der Waals surface area contributed by atoms with Gasteiger partial charge in [0, 0.05) is 28.4 Å². The Labute approximate surface area is 349 Å². The van der Waals surface area contributed by atoms with Crippen molar-refractivity contribution < 1.29 is 23.9 Å². The Morgan fingerprint density at radius 3 is 2.32 bits per heavy atom. The van der Waals surface area contributed by atoms with E-state index in [1.807, 2.05) is 5.38 Å². The zero-order chi connectivity index (χ0) is 41.5. The van der Waals surface area contributed by atoms with Crippen LogP contribution < -0.4 is 5.32 Å². The van der Waals surface area contributed by atoms with Crippen LogP contribution in [0.3, 0.4) is 0 Å². The molecule has 1 aliphatic carbocycles. The van der Waals surface area contributed by atoms with Gasteiger partial charge in [0.05, 0.1) is 37.3 Å². The van der Waals surface area contributed by atoms with Crippen LogP contribution in [0.25, 0.3) is 65.0 Å². The Hall–Kier alpha value is -5.57. The molecule has 0 unspecified atom stereocenters. The molecule has 6 heterocycles. The van der Waals surface area contributed by atoms with Gasteiger partial charge in [-0.05, 0) is 138 Å². The summed E-state index contributed by atoms with van der Waals surface area (Å²) >= 11 is 3.13. The highest BCUT2D eigenvalue weighted by atomic mass is 32.1. The molecule has 1 saturated carbocycles. The highest BCUT2D eigenvalue weighted by Crippen LogP contribution is 2.37. The number of aromatic nitrogens is 6. The molecule has 12 nitrogen and oxygen atoms in total.